The van der Waals surface area contributed by atoms with E-state index in [9.17, 15) is 62.6 Å². The molecule has 3 aromatic heterocycles. The monoisotopic (exact) mass is 1170 g/mol. The van der Waals surface area contributed by atoms with Gasteiger partial charge in [-0.1, -0.05) is 54.6 Å². The first kappa shape index (κ1) is 61.0. The lowest BCUT2D eigenvalue weighted by molar-refractivity contribution is -0.147. The second-order valence-corrected chi connectivity index (χ2v) is 20.6. The molecule has 85 heavy (non-hydrogen) atoms. The third kappa shape index (κ3) is 15.7. The zero-order valence-corrected chi connectivity index (χ0v) is 46.0. The highest BCUT2D eigenvalue weighted by Crippen LogP contribution is 2.24. The fourth-order valence-corrected chi connectivity index (χ4v) is 10.6. The number of nitrogens with one attached hydrogen (secondary N) is 11. The second kappa shape index (κ2) is 28.2. The van der Waals surface area contributed by atoms with Gasteiger partial charge >= 0.3 is 11.9 Å². The maximum absolute atomic E-state index is 14.3. The number of carbonyl (C=O) groups excluding carboxylic acids is 10. The fourth-order valence-electron chi connectivity index (χ4n) is 10.6. The average molecular weight is 1170 g/mol. The topological polar surface area (TPSA) is 421 Å². The van der Waals surface area contributed by atoms with Crippen molar-refractivity contribution < 1.29 is 67.7 Å². The van der Waals surface area contributed by atoms with Crippen LogP contribution in [0.25, 0.3) is 32.7 Å². The number of H-pyrrole nitrogens is 3. The number of nitrogens with zero attached hydrogens (tertiary/aromatic N) is 2. The van der Waals surface area contributed by atoms with Gasteiger partial charge in [0.2, 0.25) is 59.1 Å². The van der Waals surface area contributed by atoms with Gasteiger partial charge in [-0.15, -0.1) is 0 Å². The van der Waals surface area contributed by atoms with Gasteiger partial charge in [0, 0.05) is 83.7 Å². The summed E-state index contributed by atoms with van der Waals surface area (Å²) in [5.41, 5.74) is 9.58. The highest BCUT2D eigenvalue weighted by Gasteiger charge is 2.39. The molecule has 6 aromatic rings. The van der Waals surface area contributed by atoms with Crippen LogP contribution >= 0.6 is 0 Å². The van der Waals surface area contributed by atoms with Crippen molar-refractivity contribution in [2.45, 2.75) is 87.6 Å². The van der Waals surface area contributed by atoms with Gasteiger partial charge in [0.05, 0.1) is 39.1 Å². The maximum Gasteiger partial charge on any atom is 0.326 e. The van der Waals surface area contributed by atoms with Crippen LogP contribution < -0.4 is 48.3 Å². The number of carboxylic acids is 2. The molecule has 0 radical (unpaired) electrons. The average Bonchev–Trinajstić information content (AvgIpc) is 3.32. The highest BCUT2D eigenvalue weighted by molar-refractivity contribution is 5.99. The van der Waals surface area contributed by atoms with Crippen LogP contribution in [0.4, 0.5) is 0 Å². The molecule has 10 amide bonds. The molecule has 5 heterocycles. The van der Waals surface area contributed by atoms with Gasteiger partial charge in [-0.05, 0) is 60.6 Å². The normalized spacial score (nSPS) is 16.2. The molecule has 0 aliphatic carbocycles. The van der Waals surface area contributed by atoms with Crippen LogP contribution in [0.15, 0.2) is 91.4 Å². The van der Waals surface area contributed by atoms with Gasteiger partial charge in [0.15, 0.2) is 0 Å². The van der Waals surface area contributed by atoms with Gasteiger partial charge in [-0.25, -0.2) is 4.79 Å². The van der Waals surface area contributed by atoms with E-state index < -0.39 is 140 Å². The Labute approximate surface area is 484 Å². The molecule has 0 unspecified atom stereocenters. The minimum absolute atomic E-state index is 0.00851. The number of para-hydroxylation sites is 3. The van der Waals surface area contributed by atoms with E-state index in [1.165, 1.54) is 9.80 Å². The zero-order chi connectivity index (χ0) is 60.7. The maximum atomic E-state index is 14.3. The van der Waals surface area contributed by atoms with E-state index >= 15 is 0 Å². The molecule has 0 bridgehead atoms. The van der Waals surface area contributed by atoms with Crippen LogP contribution in [-0.2, 0) is 76.8 Å². The van der Waals surface area contributed by atoms with E-state index in [0.29, 0.717) is 29.5 Å². The van der Waals surface area contributed by atoms with Crippen molar-refractivity contribution in [2.75, 3.05) is 45.8 Å². The van der Waals surface area contributed by atoms with Crippen molar-refractivity contribution in [1.29, 1.82) is 0 Å². The Bertz CT molecular complexity index is 3520. The number of hydrogen-bond acceptors (Lipinski definition) is 13. The molecule has 448 valence electrons. The molecule has 2 fully saturated rings. The number of likely N-dealkylation sites (tertiary alicyclic amines) is 2. The van der Waals surface area contributed by atoms with Gasteiger partial charge in [-0.3, -0.25) is 52.7 Å². The predicted octanol–water partition coefficient (Wildman–Crippen LogP) is -1.94. The quantitative estimate of drug-likeness (QED) is 0.0267. The highest BCUT2D eigenvalue weighted by atomic mass is 16.4. The number of benzene rings is 3. The SMILES string of the molecule is NCC(=O)NCC(=O)N[C@@H](Cc1c[nH]c2ccccc12)C(=O)NCC(=O)N1CCC[C@H]1C(=O)N[C@@H](Cc1c[nH]c2ccccc12)C(=O)NCC(=O)N1CCC[C@H]1C(=O)N[C@@H](Cc1c[nH]c2ccccc12)C(=O)NCC(=O)N[C@@H](CC(=O)O)C(=O)O. The predicted molar refractivity (Wildman–Crippen MR) is 304 cm³/mol. The summed E-state index contributed by atoms with van der Waals surface area (Å²) in [5.74, 6) is -10.4. The molecular formula is C57H66N14O14. The van der Waals surface area contributed by atoms with E-state index in [0.717, 1.165) is 32.7 Å². The number of amides is 10. The van der Waals surface area contributed by atoms with E-state index in [-0.39, 0.29) is 51.7 Å². The van der Waals surface area contributed by atoms with Crippen molar-refractivity contribution in [3.63, 3.8) is 0 Å². The van der Waals surface area contributed by atoms with Crippen molar-refractivity contribution >= 4 is 104 Å². The van der Waals surface area contributed by atoms with Crippen LogP contribution in [0.2, 0.25) is 0 Å². The van der Waals surface area contributed by atoms with Crippen LogP contribution in [0.3, 0.4) is 0 Å². The van der Waals surface area contributed by atoms with Crippen LogP contribution in [-0.4, -0.2) is 188 Å². The van der Waals surface area contributed by atoms with Crippen LogP contribution in [0, 0.1) is 0 Å². The molecule has 2 saturated heterocycles. The summed E-state index contributed by atoms with van der Waals surface area (Å²) in [6.07, 6.45) is 5.11. The fraction of sp³-hybridized carbons (Fsp3) is 0.368. The number of aliphatic carboxylic acids is 2. The third-order valence-electron chi connectivity index (χ3n) is 14.9. The van der Waals surface area contributed by atoms with Crippen LogP contribution in [0.5, 0.6) is 0 Å². The van der Waals surface area contributed by atoms with Crippen molar-refractivity contribution in [2.24, 2.45) is 5.73 Å². The summed E-state index contributed by atoms with van der Waals surface area (Å²) in [5, 5.41) is 40.9. The molecule has 0 saturated carbocycles. The number of nitrogens with two attached hydrogens (primary N) is 1. The zero-order valence-electron chi connectivity index (χ0n) is 46.0. The van der Waals surface area contributed by atoms with Crippen molar-refractivity contribution in [3.05, 3.63) is 108 Å². The molecular weight excluding hydrogens is 1100 g/mol. The van der Waals surface area contributed by atoms with Gasteiger partial charge in [0.1, 0.15) is 36.3 Å². The Kier molecular flexibility index (Phi) is 20.3. The molecule has 2 aliphatic rings. The molecule has 2 aliphatic heterocycles. The number of carbonyl (C=O) groups is 12. The third-order valence-corrected chi connectivity index (χ3v) is 14.9. The van der Waals surface area contributed by atoms with E-state index in [1.807, 2.05) is 47.8 Å². The number of fused-ring (bicyclic) bond motifs is 3. The van der Waals surface area contributed by atoms with Gasteiger partial charge in [0.25, 0.3) is 0 Å². The van der Waals surface area contributed by atoms with Crippen molar-refractivity contribution in [3.8, 4) is 0 Å². The Morgan fingerprint density at radius 2 is 0.847 bits per heavy atom. The van der Waals surface area contributed by atoms with Crippen molar-refractivity contribution in [1.82, 2.24) is 67.3 Å². The van der Waals surface area contributed by atoms with E-state index in [2.05, 4.69) is 52.2 Å². The lowest BCUT2D eigenvalue weighted by Crippen LogP contribution is -2.57. The Hall–Kier alpha value is -10.1. The smallest absolute Gasteiger partial charge is 0.326 e. The van der Waals surface area contributed by atoms with E-state index in [1.54, 1.807) is 48.9 Å². The molecule has 8 rings (SSSR count). The summed E-state index contributed by atoms with van der Waals surface area (Å²) in [6, 6.07) is 14.0. The molecule has 6 atom stereocenters. The largest absolute Gasteiger partial charge is 0.481 e. The lowest BCUT2D eigenvalue weighted by Gasteiger charge is -2.28. The summed E-state index contributed by atoms with van der Waals surface area (Å²) < 4.78 is 0. The van der Waals surface area contributed by atoms with E-state index in [4.69, 9.17) is 10.8 Å². The minimum atomic E-state index is -1.78. The number of rotatable bonds is 27. The number of carboxylic acid groups (broad SMARTS) is 2. The van der Waals surface area contributed by atoms with Crippen LogP contribution in [0.1, 0.15) is 48.8 Å². The van der Waals surface area contributed by atoms with Gasteiger partial charge in [-0.2, -0.15) is 0 Å². The second-order valence-electron chi connectivity index (χ2n) is 20.6. The molecule has 15 N–H and O–H groups in total. The summed E-state index contributed by atoms with van der Waals surface area (Å²) >= 11 is 0. The summed E-state index contributed by atoms with van der Waals surface area (Å²) in [4.78, 5) is 170. The Balaban J connectivity index is 0.913. The first-order chi connectivity index (χ1) is 40.9. The Morgan fingerprint density at radius 3 is 1.24 bits per heavy atom. The standard InChI is InChI=1S/C57H66N14O14/c58-23-46(72)62-27-47(73)66-40(19-31-24-59-37-12-4-1-9-34(31)37)52(79)64-29-49(75)70-17-8-16-45(70)56(83)69-42(21-33-26-61-39-14-6-3-11-36(33)39)54(81)65-30-50(76)71-18-7-15-44(71)55(82)68-41(20-32-25-60-38-13-5-2-10-35(32)38)53(80)63-28-48(74)67-43(57(84)85)22-51(77)78/h1-6,9-14,24-26,40-45,59-61H,7-8,15-23,27-30,58H2,(H,62,72)(H,63,80)(H,64,79)(H,65,81)(H,66,73)(H,67,74)(H,68,82)(H,69,83)(H,77,78)(H,84,85)/t40-,41-,42-,43-,44-,45-/m0/s1. The lowest BCUT2D eigenvalue weighted by atomic mass is 10.0. The minimum Gasteiger partial charge on any atom is -0.481 e. The first-order valence-electron chi connectivity index (χ1n) is 27.5. The molecule has 0 spiro atoms. The number of aromatic amines is 3. The number of hydrogen-bond donors (Lipinski definition) is 14. The van der Waals surface area contributed by atoms with Gasteiger partial charge < -0.3 is 83.2 Å². The molecule has 28 nitrogen and oxygen atoms in total. The number of aromatic nitrogens is 3. The summed E-state index contributed by atoms with van der Waals surface area (Å²) in [6.45, 7) is -2.52. The molecule has 3 aromatic carbocycles. The molecule has 28 heteroatoms. The summed E-state index contributed by atoms with van der Waals surface area (Å²) in [7, 11) is 0. The first-order valence-corrected chi connectivity index (χ1v) is 27.5. The Morgan fingerprint density at radius 1 is 0.482 bits per heavy atom.